The molecule has 0 amide bonds. The Labute approximate surface area is 143 Å². The number of fused-ring (bicyclic) bond motifs is 1. The van der Waals surface area contributed by atoms with E-state index in [2.05, 4.69) is 47.9 Å². The normalized spacial score (nSPS) is 15.2. The summed E-state index contributed by atoms with van der Waals surface area (Å²) in [5.74, 6) is 2.71. The molecule has 3 heteroatoms. The average molecular weight is 320 g/mol. The van der Waals surface area contributed by atoms with Gasteiger partial charge in [0, 0.05) is 18.5 Å². The zero-order valence-electron chi connectivity index (χ0n) is 14.5. The summed E-state index contributed by atoms with van der Waals surface area (Å²) in [6.45, 7) is 3.02. The van der Waals surface area contributed by atoms with E-state index in [9.17, 15) is 0 Å². The van der Waals surface area contributed by atoms with Crippen molar-refractivity contribution < 1.29 is 4.74 Å². The Kier molecular flexibility index (Phi) is 4.01. The lowest BCUT2D eigenvalue weighted by molar-refractivity contribution is 0.415. The molecule has 24 heavy (non-hydrogen) atoms. The van der Waals surface area contributed by atoms with Crippen molar-refractivity contribution in [1.29, 1.82) is 0 Å². The second-order valence-corrected chi connectivity index (χ2v) is 6.88. The fourth-order valence-corrected chi connectivity index (χ4v) is 3.79. The van der Waals surface area contributed by atoms with E-state index in [1.807, 2.05) is 6.07 Å². The molecule has 0 spiro atoms. The first-order chi connectivity index (χ1) is 11.7. The lowest BCUT2D eigenvalue weighted by Crippen LogP contribution is -2.08. The zero-order valence-corrected chi connectivity index (χ0v) is 14.5. The molecule has 0 bridgehead atoms. The summed E-state index contributed by atoms with van der Waals surface area (Å²) in [6.07, 6.45) is 5.16. The van der Waals surface area contributed by atoms with Gasteiger partial charge in [-0.15, -0.1) is 0 Å². The van der Waals surface area contributed by atoms with Crippen LogP contribution in [0.15, 0.2) is 42.5 Å². The Morgan fingerprint density at radius 1 is 1.08 bits per heavy atom. The van der Waals surface area contributed by atoms with Crippen LogP contribution in [-0.4, -0.2) is 16.7 Å². The minimum absolute atomic E-state index is 0.592. The van der Waals surface area contributed by atoms with Gasteiger partial charge in [-0.2, -0.15) is 0 Å². The lowest BCUT2D eigenvalue weighted by atomic mass is 10.1. The molecule has 1 saturated carbocycles. The van der Waals surface area contributed by atoms with Gasteiger partial charge in [0.05, 0.1) is 18.1 Å². The first-order valence-corrected chi connectivity index (χ1v) is 8.84. The number of benzene rings is 2. The van der Waals surface area contributed by atoms with Crippen molar-refractivity contribution in [1.82, 2.24) is 9.55 Å². The first-order valence-electron chi connectivity index (χ1n) is 8.84. The molecule has 0 unspecified atom stereocenters. The van der Waals surface area contributed by atoms with Crippen LogP contribution in [0, 0.1) is 6.92 Å². The van der Waals surface area contributed by atoms with E-state index in [0.29, 0.717) is 5.92 Å². The highest BCUT2D eigenvalue weighted by Crippen LogP contribution is 2.36. The largest absolute Gasteiger partial charge is 0.497 e. The Balaban J connectivity index is 1.80. The molecule has 0 aliphatic heterocycles. The van der Waals surface area contributed by atoms with Gasteiger partial charge < -0.3 is 9.30 Å². The van der Waals surface area contributed by atoms with Crippen LogP contribution < -0.4 is 4.74 Å². The summed E-state index contributed by atoms with van der Waals surface area (Å²) in [4.78, 5) is 5.00. The van der Waals surface area contributed by atoms with E-state index < -0.39 is 0 Å². The number of ether oxygens (including phenoxy) is 1. The van der Waals surface area contributed by atoms with Crippen LogP contribution in [0.5, 0.6) is 5.75 Å². The number of imidazole rings is 1. The third-order valence-corrected chi connectivity index (χ3v) is 5.17. The fourth-order valence-electron chi connectivity index (χ4n) is 3.79. The zero-order chi connectivity index (χ0) is 16.5. The summed E-state index contributed by atoms with van der Waals surface area (Å²) in [5.41, 5.74) is 4.88. The lowest BCUT2D eigenvalue weighted by Gasteiger charge is -2.14. The maximum absolute atomic E-state index is 5.38. The minimum atomic E-state index is 0.592. The fraction of sp³-hybridized carbons (Fsp3) is 0.381. The van der Waals surface area contributed by atoms with Gasteiger partial charge in [-0.05, 0) is 37.5 Å². The molecule has 1 aliphatic rings. The third-order valence-electron chi connectivity index (χ3n) is 5.17. The third kappa shape index (κ3) is 2.79. The van der Waals surface area contributed by atoms with Gasteiger partial charge >= 0.3 is 0 Å². The molecule has 0 radical (unpaired) electrons. The van der Waals surface area contributed by atoms with Crippen molar-refractivity contribution >= 4 is 11.0 Å². The molecule has 3 aromatic rings. The van der Waals surface area contributed by atoms with Crippen molar-refractivity contribution in [3.63, 3.8) is 0 Å². The standard InChI is InChI=1S/C21H24N2O/c1-15-7-9-16(10-8-15)14-23-20-12-11-18(24-2)13-19(20)22-21(23)17-5-3-4-6-17/h7-13,17H,3-6,14H2,1-2H3. The van der Waals surface area contributed by atoms with E-state index in [4.69, 9.17) is 9.72 Å². The number of rotatable bonds is 4. The maximum atomic E-state index is 5.38. The maximum Gasteiger partial charge on any atom is 0.121 e. The highest BCUT2D eigenvalue weighted by Gasteiger charge is 2.24. The van der Waals surface area contributed by atoms with E-state index in [1.165, 1.54) is 48.2 Å². The van der Waals surface area contributed by atoms with Crippen LogP contribution in [0.3, 0.4) is 0 Å². The Morgan fingerprint density at radius 2 is 1.83 bits per heavy atom. The Morgan fingerprint density at radius 3 is 2.54 bits per heavy atom. The molecule has 1 heterocycles. The number of aryl methyl sites for hydroxylation is 1. The summed E-state index contributed by atoms with van der Waals surface area (Å²) in [5, 5.41) is 0. The molecule has 124 valence electrons. The van der Waals surface area contributed by atoms with Gasteiger partial charge in [0.15, 0.2) is 0 Å². The molecule has 1 fully saturated rings. The van der Waals surface area contributed by atoms with Crippen molar-refractivity contribution in [2.45, 2.75) is 45.1 Å². The van der Waals surface area contributed by atoms with Crippen molar-refractivity contribution in [3.8, 4) is 5.75 Å². The van der Waals surface area contributed by atoms with Gasteiger partial charge in [0.2, 0.25) is 0 Å². The average Bonchev–Trinajstić information content (AvgIpc) is 3.24. The molecule has 1 aliphatic carbocycles. The smallest absolute Gasteiger partial charge is 0.121 e. The monoisotopic (exact) mass is 320 g/mol. The second kappa shape index (κ2) is 6.31. The van der Waals surface area contributed by atoms with Crippen LogP contribution in [0.25, 0.3) is 11.0 Å². The van der Waals surface area contributed by atoms with Crippen LogP contribution in [0.4, 0.5) is 0 Å². The molecular formula is C21H24N2O. The second-order valence-electron chi connectivity index (χ2n) is 6.88. The summed E-state index contributed by atoms with van der Waals surface area (Å²) in [7, 11) is 1.71. The van der Waals surface area contributed by atoms with Crippen LogP contribution in [0.2, 0.25) is 0 Å². The number of aromatic nitrogens is 2. The summed E-state index contributed by atoms with van der Waals surface area (Å²) in [6, 6.07) is 15.1. The van der Waals surface area contributed by atoms with Gasteiger partial charge in [-0.1, -0.05) is 42.7 Å². The minimum Gasteiger partial charge on any atom is -0.497 e. The molecule has 2 aromatic carbocycles. The number of methoxy groups -OCH3 is 1. The van der Waals surface area contributed by atoms with Crippen molar-refractivity contribution in [2.75, 3.05) is 7.11 Å². The topological polar surface area (TPSA) is 27.1 Å². The van der Waals surface area contributed by atoms with E-state index >= 15 is 0 Å². The molecule has 3 nitrogen and oxygen atoms in total. The highest BCUT2D eigenvalue weighted by molar-refractivity contribution is 5.78. The van der Waals surface area contributed by atoms with E-state index in [0.717, 1.165) is 17.8 Å². The number of hydrogen-bond donors (Lipinski definition) is 0. The molecule has 0 N–H and O–H groups in total. The predicted octanol–water partition coefficient (Wildman–Crippen LogP) is 5.06. The molecule has 4 rings (SSSR count). The summed E-state index contributed by atoms with van der Waals surface area (Å²) < 4.78 is 7.79. The predicted molar refractivity (Wildman–Crippen MR) is 97.8 cm³/mol. The highest BCUT2D eigenvalue weighted by atomic mass is 16.5. The van der Waals surface area contributed by atoms with Gasteiger partial charge in [-0.3, -0.25) is 0 Å². The number of nitrogens with zero attached hydrogens (tertiary/aromatic N) is 2. The molecule has 0 saturated heterocycles. The van der Waals surface area contributed by atoms with Crippen molar-refractivity contribution in [3.05, 3.63) is 59.4 Å². The Bertz CT molecular complexity index is 842. The summed E-state index contributed by atoms with van der Waals surface area (Å²) >= 11 is 0. The van der Waals surface area contributed by atoms with Crippen molar-refractivity contribution in [2.24, 2.45) is 0 Å². The van der Waals surface area contributed by atoms with Gasteiger partial charge in [0.25, 0.3) is 0 Å². The SMILES string of the molecule is COc1ccc2c(c1)nc(C1CCCC1)n2Cc1ccc(C)cc1. The van der Waals surface area contributed by atoms with E-state index in [-0.39, 0.29) is 0 Å². The van der Waals surface area contributed by atoms with Crippen LogP contribution in [0.1, 0.15) is 48.6 Å². The molecule has 0 atom stereocenters. The molecular weight excluding hydrogens is 296 g/mol. The number of hydrogen-bond acceptors (Lipinski definition) is 2. The first kappa shape index (κ1) is 15.3. The van der Waals surface area contributed by atoms with Crippen LogP contribution in [-0.2, 0) is 6.54 Å². The van der Waals surface area contributed by atoms with E-state index in [1.54, 1.807) is 7.11 Å². The molecule has 1 aromatic heterocycles. The Hall–Kier alpha value is -2.29. The van der Waals surface area contributed by atoms with Gasteiger partial charge in [-0.25, -0.2) is 4.98 Å². The van der Waals surface area contributed by atoms with Gasteiger partial charge in [0.1, 0.15) is 11.6 Å². The van der Waals surface area contributed by atoms with Crippen LogP contribution >= 0.6 is 0 Å². The quantitative estimate of drug-likeness (QED) is 0.672.